The molecule has 7 heteroatoms. The highest BCUT2D eigenvalue weighted by molar-refractivity contribution is 8.02. The first-order valence-corrected chi connectivity index (χ1v) is 8.40. The van der Waals surface area contributed by atoms with Crippen LogP contribution in [0.3, 0.4) is 0 Å². The number of rotatable bonds is 5. The average Bonchev–Trinajstić information content (AvgIpc) is 2.54. The zero-order valence-electron chi connectivity index (χ0n) is 13.5. The van der Waals surface area contributed by atoms with Crippen molar-refractivity contribution in [2.45, 2.75) is 30.4 Å². The number of nitrogens with zero attached hydrogens (tertiary/aromatic N) is 1. The van der Waals surface area contributed by atoms with Crippen molar-refractivity contribution < 1.29 is 14.4 Å². The van der Waals surface area contributed by atoms with Gasteiger partial charge in [-0.25, -0.2) is 0 Å². The summed E-state index contributed by atoms with van der Waals surface area (Å²) in [6, 6.07) is 7.51. The van der Waals surface area contributed by atoms with Crippen LogP contribution in [0.4, 0.5) is 5.69 Å². The van der Waals surface area contributed by atoms with Crippen molar-refractivity contribution in [3.63, 3.8) is 0 Å². The summed E-state index contributed by atoms with van der Waals surface area (Å²) in [7, 11) is 0. The zero-order chi connectivity index (χ0) is 17.0. The van der Waals surface area contributed by atoms with E-state index in [1.807, 2.05) is 31.2 Å². The molecular formula is C16H21N3O3S. The number of benzene rings is 1. The fourth-order valence-electron chi connectivity index (χ4n) is 2.44. The molecule has 1 aliphatic heterocycles. The fraction of sp³-hybridized carbons (Fsp3) is 0.438. The van der Waals surface area contributed by atoms with E-state index in [4.69, 9.17) is 0 Å². The van der Waals surface area contributed by atoms with Crippen LogP contribution in [0, 0.1) is 0 Å². The topological polar surface area (TPSA) is 78.5 Å². The van der Waals surface area contributed by atoms with Crippen molar-refractivity contribution in [1.29, 1.82) is 0 Å². The van der Waals surface area contributed by atoms with Crippen LogP contribution < -0.4 is 15.5 Å². The second kappa shape index (κ2) is 7.04. The van der Waals surface area contributed by atoms with Gasteiger partial charge in [-0.1, -0.05) is 23.9 Å². The Hall–Kier alpha value is -2.02. The third-order valence-electron chi connectivity index (χ3n) is 3.66. The molecule has 1 unspecified atom stereocenters. The van der Waals surface area contributed by atoms with E-state index in [0.717, 1.165) is 10.6 Å². The summed E-state index contributed by atoms with van der Waals surface area (Å²) in [6.07, 6.45) is 0. The molecule has 1 aliphatic rings. The van der Waals surface area contributed by atoms with Crippen molar-refractivity contribution in [1.82, 2.24) is 10.6 Å². The van der Waals surface area contributed by atoms with Crippen molar-refractivity contribution in [3.05, 3.63) is 24.3 Å². The highest BCUT2D eigenvalue weighted by atomic mass is 32.2. The van der Waals surface area contributed by atoms with E-state index in [2.05, 4.69) is 10.6 Å². The molecule has 1 aromatic rings. The molecule has 0 saturated heterocycles. The maximum absolute atomic E-state index is 12.8. The molecule has 0 spiro atoms. The number of carbonyl (C=O) groups excluding carboxylic acids is 3. The number of thioether (sulfide) groups is 1. The van der Waals surface area contributed by atoms with E-state index in [1.54, 1.807) is 18.7 Å². The number of nitrogens with one attached hydrogen (secondary N) is 2. The molecule has 1 atom stereocenters. The molecule has 0 bridgehead atoms. The molecule has 6 nitrogen and oxygen atoms in total. The van der Waals surface area contributed by atoms with Crippen molar-refractivity contribution >= 4 is 35.2 Å². The van der Waals surface area contributed by atoms with Crippen LogP contribution >= 0.6 is 11.8 Å². The lowest BCUT2D eigenvalue weighted by Gasteiger charge is -2.38. The van der Waals surface area contributed by atoms with Gasteiger partial charge in [0.2, 0.25) is 11.8 Å². The van der Waals surface area contributed by atoms with Gasteiger partial charge in [0, 0.05) is 18.0 Å². The van der Waals surface area contributed by atoms with Gasteiger partial charge in [-0.3, -0.25) is 14.4 Å². The normalized spacial score (nSPS) is 20.0. The van der Waals surface area contributed by atoms with Crippen LogP contribution in [0.1, 0.15) is 20.8 Å². The molecule has 124 valence electrons. The Labute approximate surface area is 140 Å². The number of likely N-dealkylation sites (N-methyl/N-ethyl adjacent to an activating group) is 1. The summed E-state index contributed by atoms with van der Waals surface area (Å²) in [5.41, 5.74) is 0.819. The monoisotopic (exact) mass is 335 g/mol. The third kappa shape index (κ3) is 3.34. The predicted molar refractivity (Wildman–Crippen MR) is 90.4 cm³/mol. The lowest BCUT2D eigenvalue weighted by molar-refractivity contribution is -0.132. The van der Waals surface area contributed by atoms with Crippen LogP contribution in [-0.4, -0.2) is 42.1 Å². The Morgan fingerprint density at radius 3 is 2.57 bits per heavy atom. The fourth-order valence-corrected chi connectivity index (χ4v) is 3.67. The second-order valence-corrected chi connectivity index (χ2v) is 6.75. The van der Waals surface area contributed by atoms with Gasteiger partial charge in [0.25, 0.3) is 5.91 Å². The third-order valence-corrected chi connectivity index (χ3v) is 4.99. The smallest absolute Gasteiger partial charge is 0.252 e. The second-order valence-electron chi connectivity index (χ2n) is 5.29. The Kier molecular flexibility index (Phi) is 5.30. The lowest BCUT2D eigenvalue weighted by Crippen LogP contribution is -2.57. The van der Waals surface area contributed by atoms with Gasteiger partial charge >= 0.3 is 0 Å². The standard InChI is InChI=1S/C16H21N3O3S/c1-4-17-13(20)10-18-14(21)16(3)15(22)19(5-2)11-8-6-7-9-12(11)23-16/h6-9H,4-5,10H2,1-3H3,(H,17,20)(H,18,21). The summed E-state index contributed by atoms with van der Waals surface area (Å²) in [4.78, 5) is 39.3. The minimum absolute atomic E-state index is 0.135. The van der Waals surface area contributed by atoms with Gasteiger partial charge in [-0.05, 0) is 32.9 Å². The summed E-state index contributed by atoms with van der Waals surface area (Å²) in [6.45, 7) is 6.12. The van der Waals surface area contributed by atoms with Gasteiger partial charge < -0.3 is 15.5 Å². The predicted octanol–water partition coefficient (Wildman–Crippen LogP) is 1.16. The number of anilines is 1. The van der Waals surface area contributed by atoms with Crippen molar-refractivity contribution in [3.8, 4) is 0 Å². The Balaban J connectivity index is 2.22. The van der Waals surface area contributed by atoms with Gasteiger partial charge in [0.05, 0.1) is 12.2 Å². The van der Waals surface area contributed by atoms with E-state index in [-0.39, 0.29) is 18.4 Å². The quantitative estimate of drug-likeness (QED) is 0.792. The maximum atomic E-state index is 12.8. The summed E-state index contributed by atoms with van der Waals surface area (Å²) < 4.78 is -1.28. The van der Waals surface area contributed by atoms with Gasteiger partial charge in [-0.15, -0.1) is 0 Å². The first kappa shape index (κ1) is 17.3. The summed E-state index contributed by atoms with van der Waals surface area (Å²) in [5.74, 6) is -0.991. The number of fused-ring (bicyclic) bond motifs is 1. The van der Waals surface area contributed by atoms with E-state index in [1.165, 1.54) is 11.8 Å². The lowest BCUT2D eigenvalue weighted by atomic mass is 10.1. The SMILES string of the molecule is CCNC(=O)CNC(=O)C1(C)Sc2ccccc2N(CC)C1=O. The van der Waals surface area contributed by atoms with Crippen LogP contribution in [0.25, 0.3) is 0 Å². The maximum Gasteiger partial charge on any atom is 0.252 e. The minimum atomic E-state index is -1.28. The number of hydrogen-bond donors (Lipinski definition) is 2. The van der Waals surface area contributed by atoms with Crippen LogP contribution in [0.15, 0.2) is 29.2 Å². The first-order valence-electron chi connectivity index (χ1n) is 7.59. The van der Waals surface area contributed by atoms with Gasteiger partial charge in [-0.2, -0.15) is 0 Å². The zero-order valence-corrected chi connectivity index (χ0v) is 14.3. The number of para-hydroxylation sites is 1. The first-order chi connectivity index (χ1) is 10.9. The molecule has 2 N–H and O–H groups in total. The summed E-state index contributed by atoms with van der Waals surface area (Å²) in [5, 5.41) is 5.17. The number of amides is 3. The Morgan fingerprint density at radius 1 is 1.22 bits per heavy atom. The van der Waals surface area contributed by atoms with Crippen molar-refractivity contribution in [2.75, 3.05) is 24.5 Å². The molecular weight excluding hydrogens is 314 g/mol. The molecule has 0 fully saturated rings. The summed E-state index contributed by atoms with van der Waals surface area (Å²) >= 11 is 1.22. The van der Waals surface area contributed by atoms with Crippen LogP contribution in [-0.2, 0) is 14.4 Å². The highest BCUT2D eigenvalue weighted by Gasteiger charge is 2.48. The van der Waals surface area contributed by atoms with E-state index < -0.39 is 10.7 Å². The molecule has 23 heavy (non-hydrogen) atoms. The molecule has 0 aliphatic carbocycles. The molecule has 2 rings (SSSR count). The number of carbonyl (C=O) groups is 3. The molecule has 0 saturated carbocycles. The van der Waals surface area contributed by atoms with Gasteiger partial charge in [0.1, 0.15) is 0 Å². The van der Waals surface area contributed by atoms with Crippen LogP contribution in [0.2, 0.25) is 0 Å². The Bertz CT molecular complexity index is 635. The van der Waals surface area contributed by atoms with Crippen LogP contribution in [0.5, 0.6) is 0 Å². The molecule has 1 heterocycles. The van der Waals surface area contributed by atoms with Crippen molar-refractivity contribution in [2.24, 2.45) is 0 Å². The molecule has 0 radical (unpaired) electrons. The average molecular weight is 335 g/mol. The minimum Gasteiger partial charge on any atom is -0.355 e. The van der Waals surface area contributed by atoms with E-state index in [0.29, 0.717) is 13.1 Å². The highest BCUT2D eigenvalue weighted by Crippen LogP contribution is 2.45. The molecule has 1 aromatic carbocycles. The largest absolute Gasteiger partial charge is 0.355 e. The molecule has 3 amide bonds. The Morgan fingerprint density at radius 2 is 1.91 bits per heavy atom. The number of hydrogen-bond acceptors (Lipinski definition) is 4. The molecule has 0 aromatic heterocycles. The van der Waals surface area contributed by atoms with Gasteiger partial charge in [0.15, 0.2) is 4.75 Å². The van der Waals surface area contributed by atoms with E-state index in [9.17, 15) is 14.4 Å². The van der Waals surface area contributed by atoms with E-state index >= 15 is 0 Å².